The number of benzene rings is 1. The van der Waals surface area contributed by atoms with Crippen LogP contribution in [-0.2, 0) is 11.3 Å². The van der Waals surface area contributed by atoms with E-state index in [1.807, 2.05) is 6.07 Å². The van der Waals surface area contributed by atoms with Gasteiger partial charge in [0.1, 0.15) is 0 Å². The third-order valence-corrected chi connectivity index (χ3v) is 2.63. The molecule has 1 rings (SSSR count). The van der Waals surface area contributed by atoms with Gasteiger partial charge in [0.05, 0.1) is 27.9 Å². The van der Waals surface area contributed by atoms with Crippen molar-refractivity contribution in [3.05, 3.63) is 17.7 Å². The third kappa shape index (κ3) is 3.75. The van der Waals surface area contributed by atoms with E-state index in [0.29, 0.717) is 23.8 Å². The average Bonchev–Trinajstić information content (AvgIpc) is 2.36. The van der Waals surface area contributed by atoms with Crippen molar-refractivity contribution in [2.75, 3.05) is 34.9 Å². The van der Waals surface area contributed by atoms with Crippen LogP contribution in [-0.4, -0.2) is 50.9 Å². The standard InChI is InChI=1S/C13H19NO5/c1-14(8-11(15)16)7-9-5-6-10(17-2)13(19-4)12(9)18-3/h5-6H,7-8H2,1-4H3,(H,15,16). The Kier molecular flexibility index (Phi) is 5.44. The van der Waals surface area contributed by atoms with Crippen molar-refractivity contribution in [2.24, 2.45) is 0 Å². The normalized spacial score (nSPS) is 10.4. The van der Waals surface area contributed by atoms with Crippen molar-refractivity contribution >= 4 is 5.97 Å². The summed E-state index contributed by atoms with van der Waals surface area (Å²) in [6.07, 6.45) is 0. The second-order valence-electron chi connectivity index (χ2n) is 4.06. The van der Waals surface area contributed by atoms with Crippen molar-refractivity contribution in [3.63, 3.8) is 0 Å². The summed E-state index contributed by atoms with van der Waals surface area (Å²) in [4.78, 5) is 12.3. The van der Waals surface area contributed by atoms with Crippen LogP contribution < -0.4 is 14.2 Å². The fourth-order valence-corrected chi connectivity index (χ4v) is 1.87. The number of rotatable bonds is 7. The van der Waals surface area contributed by atoms with Gasteiger partial charge in [-0.3, -0.25) is 9.69 Å². The first-order chi connectivity index (χ1) is 9.03. The minimum Gasteiger partial charge on any atom is -0.493 e. The van der Waals surface area contributed by atoms with Crippen molar-refractivity contribution in [1.82, 2.24) is 4.90 Å². The minimum absolute atomic E-state index is 0.0441. The number of likely N-dealkylation sites (N-methyl/N-ethyl adjacent to an activating group) is 1. The highest BCUT2D eigenvalue weighted by Gasteiger charge is 2.17. The lowest BCUT2D eigenvalue weighted by molar-refractivity contribution is -0.138. The Morgan fingerprint density at radius 1 is 1.16 bits per heavy atom. The quantitative estimate of drug-likeness (QED) is 0.803. The van der Waals surface area contributed by atoms with E-state index in [-0.39, 0.29) is 6.54 Å². The van der Waals surface area contributed by atoms with Gasteiger partial charge in [0, 0.05) is 12.1 Å². The summed E-state index contributed by atoms with van der Waals surface area (Å²) in [5.41, 5.74) is 0.837. The van der Waals surface area contributed by atoms with Crippen molar-refractivity contribution in [3.8, 4) is 17.2 Å². The molecule has 1 aromatic rings. The molecule has 1 N–H and O–H groups in total. The predicted molar refractivity (Wildman–Crippen MR) is 70.1 cm³/mol. The molecule has 0 aliphatic heterocycles. The van der Waals surface area contributed by atoms with Gasteiger partial charge in [0.2, 0.25) is 5.75 Å². The second-order valence-corrected chi connectivity index (χ2v) is 4.06. The van der Waals surface area contributed by atoms with Gasteiger partial charge in [0.15, 0.2) is 11.5 Å². The molecule has 0 aromatic heterocycles. The van der Waals surface area contributed by atoms with Gasteiger partial charge in [-0.2, -0.15) is 0 Å². The van der Waals surface area contributed by atoms with Crippen LogP contribution in [0.5, 0.6) is 17.2 Å². The van der Waals surface area contributed by atoms with E-state index < -0.39 is 5.97 Å². The van der Waals surface area contributed by atoms with E-state index in [4.69, 9.17) is 19.3 Å². The van der Waals surface area contributed by atoms with Crippen molar-refractivity contribution in [2.45, 2.75) is 6.54 Å². The number of hydrogen-bond acceptors (Lipinski definition) is 5. The summed E-state index contributed by atoms with van der Waals surface area (Å²) in [5.74, 6) is 0.760. The number of methoxy groups -OCH3 is 3. The molecule has 0 bridgehead atoms. The number of nitrogens with zero attached hydrogens (tertiary/aromatic N) is 1. The number of carboxylic acid groups (broad SMARTS) is 1. The molecule has 0 heterocycles. The first kappa shape index (κ1) is 15.1. The van der Waals surface area contributed by atoms with E-state index in [1.54, 1.807) is 25.1 Å². The summed E-state index contributed by atoms with van der Waals surface area (Å²) < 4.78 is 15.8. The molecule has 0 aliphatic rings. The fourth-order valence-electron chi connectivity index (χ4n) is 1.87. The van der Waals surface area contributed by atoms with Gasteiger partial charge in [-0.05, 0) is 13.1 Å². The second kappa shape index (κ2) is 6.84. The molecule has 0 fully saturated rings. The van der Waals surface area contributed by atoms with E-state index in [1.165, 1.54) is 14.2 Å². The van der Waals surface area contributed by atoms with Crippen LogP contribution in [0.3, 0.4) is 0 Å². The predicted octanol–water partition coefficient (Wildman–Crippen LogP) is 1.23. The first-order valence-corrected chi connectivity index (χ1v) is 5.71. The maximum atomic E-state index is 10.7. The molecule has 0 aliphatic carbocycles. The number of carboxylic acids is 1. The maximum Gasteiger partial charge on any atom is 0.317 e. The molecule has 0 radical (unpaired) electrons. The van der Waals surface area contributed by atoms with E-state index in [0.717, 1.165) is 5.56 Å². The summed E-state index contributed by atoms with van der Waals surface area (Å²) in [6, 6.07) is 3.60. The lowest BCUT2D eigenvalue weighted by Gasteiger charge is -2.19. The molecular weight excluding hydrogens is 250 g/mol. The third-order valence-electron chi connectivity index (χ3n) is 2.63. The molecule has 106 valence electrons. The van der Waals surface area contributed by atoms with Crippen LogP contribution in [0.2, 0.25) is 0 Å². The summed E-state index contributed by atoms with van der Waals surface area (Å²) in [7, 11) is 6.35. The zero-order valence-corrected chi connectivity index (χ0v) is 11.6. The Morgan fingerprint density at radius 3 is 2.26 bits per heavy atom. The van der Waals surface area contributed by atoms with Crippen molar-refractivity contribution in [1.29, 1.82) is 0 Å². The molecule has 1 aromatic carbocycles. The molecule has 19 heavy (non-hydrogen) atoms. The zero-order valence-electron chi connectivity index (χ0n) is 11.6. The Hall–Kier alpha value is -1.95. The number of ether oxygens (including phenoxy) is 3. The smallest absolute Gasteiger partial charge is 0.317 e. The Balaban J connectivity index is 3.04. The van der Waals surface area contributed by atoms with Crippen LogP contribution in [0.1, 0.15) is 5.56 Å². The van der Waals surface area contributed by atoms with E-state index in [9.17, 15) is 4.79 Å². The highest BCUT2D eigenvalue weighted by molar-refractivity contribution is 5.69. The Bertz CT molecular complexity index is 447. The molecule has 0 saturated carbocycles. The van der Waals surface area contributed by atoms with Crippen LogP contribution in [0.25, 0.3) is 0 Å². The zero-order chi connectivity index (χ0) is 14.4. The SMILES string of the molecule is COc1ccc(CN(C)CC(=O)O)c(OC)c1OC. The largest absolute Gasteiger partial charge is 0.493 e. The van der Waals surface area contributed by atoms with Crippen LogP contribution in [0, 0.1) is 0 Å². The van der Waals surface area contributed by atoms with Gasteiger partial charge in [0.25, 0.3) is 0 Å². The highest BCUT2D eigenvalue weighted by Crippen LogP contribution is 2.39. The lowest BCUT2D eigenvalue weighted by Crippen LogP contribution is -2.25. The Morgan fingerprint density at radius 2 is 1.79 bits per heavy atom. The number of hydrogen-bond donors (Lipinski definition) is 1. The van der Waals surface area contributed by atoms with Gasteiger partial charge in [-0.1, -0.05) is 6.07 Å². The summed E-state index contributed by atoms with van der Waals surface area (Å²) >= 11 is 0. The van der Waals surface area contributed by atoms with Crippen LogP contribution in [0.15, 0.2) is 12.1 Å². The van der Waals surface area contributed by atoms with Gasteiger partial charge in [-0.15, -0.1) is 0 Å². The molecular formula is C13H19NO5. The summed E-state index contributed by atoms with van der Waals surface area (Å²) in [5, 5.41) is 8.75. The molecule has 0 saturated heterocycles. The number of carbonyl (C=O) groups is 1. The topological polar surface area (TPSA) is 68.2 Å². The summed E-state index contributed by atoms with van der Waals surface area (Å²) in [6.45, 7) is 0.396. The van der Waals surface area contributed by atoms with Crippen LogP contribution >= 0.6 is 0 Å². The lowest BCUT2D eigenvalue weighted by atomic mass is 10.1. The molecule has 6 nitrogen and oxygen atoms in total. The molecule has 0 spiro atoms. The first-order valence-electron chi connectivity index (χ1n) is 5.71. The van der Waals surface area contributed by atoms with E-state index in [2.05, 4.69) is 0 Å². The molecule has 0 amide bonds. The fraction of sp³-hybridized carbons (Fsp3) is 0.462. The van der Waals surface area contributed by atoms with E-state index >= 15 is 0 Å². The maximum absolute atomic E-state index is 10.7. The monoisotopic (exact) mass is 269 g/mol. The minimum atomic E-state index is -0.873. The average molecular weight is 269 g/mol. The molecule has 0 atom stereocenters. The molecule has 0 unspecified atom stereocenters. The highest BCUT2D eigenvalue weighted by atomic mass is 16.5. The Labute approximate surface area is 112 Å². The van der Waals surface area contributed by atoms with Gasteiger partial charge < -0.3 is 19.3 Å². The van der Waals surface area contributed by atoms with Crippen molar-refractivity contribution < 1.29 is 24.1 Å². The van der Waals surface area contributed by atoms with Gasteiger partial charge in [-0.25, -0.2) is 0 Å². The molecule has 6 heteroatoms. The van der Waals surface area contributed by atoms with Gasteiger partial charge >= 0.3 is 5.97 Å². The van der Waals surface area contributed by atoms with Crippen LogP contribution in [0.4, 0.5) is 0 Å². The number of aliphatic carboxylic acids is 1.